The molecule has 0 aliphatic carbocycles. The summed E-state index contributed by atoms with van der Waals surface area (Å²) in [6.45, 7) is 4.28. The van der Waals surface area contributed by atoms with E-state index in [4.69, 9.17) is 12.2 Å². The van der Waals surface area contributed by atoms with Gasteiger partial charge in [0.2, 0.25) is 0 Å². The third kappa shape index (κ3) is 6.30. The standard InChI is InChI=1S/C8H14S2/c1-3-4-5-7(2)6-8(9)10/h6H,3-5H2,1-2H3,(H,9,10)/b7-6+. The van der Waals surface area contributed by atoms with Crippen molar-refractivity contribution in [3.63, 3.8) is 0 Å². The zero-order valence-electron chi connectivity index (χ0n) is 6.55. The lowest BCUT2D eigenvalue weighted by molar-refractivity contribution is 0.788. The predicted octanol–water partition coefficient (Wildman–Crippen LogP) is 3.38. The van der Waals surface area contributed by atoms with Gasteiger partial charge in [0.1, 0.15) is 0 Å². The summed E-state index contributed by atoms with van der Waals surface area (Å²) >= 11 is 8.82. The van der Waals surface area contributed by atoms with Crippen LogP contribution in [-0.2, 0) is 0 Å². The summed E-state index contributed by atoms with van der Waals surface area (Å²) < 4.78 is 0.689. The molecule has 0 bridgehead atoms. The number of thiol groups is 1. The second kappa shape index (κ2) is 5.93. The SMILES string of the molecule is CCCC/C(C)=C/C(=S)S. The Kier molecular flexibility index (Phi) is 6.03. The molecule has 0 unspecified atom stereocenters. The van der Waals surface area contributed by atoms with Gasteiger partial charge in [-0.3, -0.25) is 0 Å². The highest BCUT2D eigenvalue weighted by atomic mass is 32.1. The summed E-state index contributed by atoms with van der Waals surface area (Å²) in [7, 11) is 0. The van der Waals surface area contributed by atoms with Crippen molar-refractivity contribution in [3.05, 3.63) is 11.6 Å². The van der Waals surface area contributed by atoms with Gasteiger partial charge in [0.05, 0.1) is 4.20 Å². The second-order valence-electron chi connectivity index (χ2n) is 2.43. The average Bonchev–Trinajstić information content (AvgIpc) is 1.82. The van der Waals surface area contributed by atoms with Crippen LogP contribution in [0.1, 0.15) is 33.1 Å². The Hall–Kier alpha value is 0.180. The smallest absolute Gasteiger partial charge is 0.0674 e. The van der Waals surface area contributed by atoms with E-state index in [-0.39, 0.29) is 0 Å². The summed E-state index contributed by atoms with van der Waals surface area (Å²) in [5.74, 6) is 0. The number of thiocarbonyl (C=S) groups is 1. The summed E-state index contributed by atoms with van der Waals surface area (Å²) in [6.07, 6.45) is 5.59. The van der Waals surface area contributed by atoms with Gasteiger partial charge in [-0.25, -0.2) is 0 Å². The maximum Gasteiger partial charge on any atom is 0.0674 e. The molecule has 0 aliphatic heterocycles. The molecule has 0 heterocycles. The fourth-order valence-electron chi connectivity index (χ4n) is 0.739. The van der Waals surface area contributed by atoms with Crippen LogP contribution in [-0.4, -0.2) is 4.20 Å². The minimum absolute atomic E-state index is 0.689. The molecule has 0 aliphatic rings. The first kappa shape index (κ1) is 10.2. The molecule has 0 aromatic carbocycles. The first-order valence-electron chi connectivity index (χ1n) is 3.57. The maximum absolute atomic E-state index is 4.81. The quantitative estimate of drug-likeness (QED) is 0.387. The maximum atomic E-state index is 4.81. The molecule has 10 heavy (non-hydrogen) atoms. The van der Waals surface area contributed by atoms with Crippen LogP contribution < -0.4 is 0 Å². The van der Waals surface area contributed by atoms with Gasteiger partial charge in [0.15, 0.2) is 0 Å². The molecule has 0 aromatic heterocycles. The van der Waals surface area contributed by atoms with E-state index in [1.807, 2.05) is 6.08 Å². The normalized spacial score (nSPS) is 11.7. The second-order valence-corrected chi connectivity index (χ2v) is 3.66. The van der Waals surface area contributed by atoms with Gasteiger partial charge in [0, 0.05) is 0 Å². The van der Waals surface area contributed by atoms with E-state index in [0.29, 0.717) is 4.20 Å². The van der Waals surface area contributed by atoms with Crippen molar-refractivity contribution in [1.82, 2.24) is 0 Å². The number of hydrogen-bond donors (Lipinski definition) is 1. The van der Waals surface area contributed by atoms with E-state index in [9.17, 15) is 0 Å². The molecule has 0 N–H and O–H groups in total. The molecule has 2 heteroatoms. The van der Waals surface area contributed by atoms with E-state index < -0.39 is 0 Å². The Labute approximate surface area is 74.1 Å². The molecular weight excluding hydrogens is 160 g/mol. The predicted molar refractivity (Wildman–Crippen MR) is 54.9 cm³/mol. The van der Waals surface area contributed by atoms with Gasteiger partial charge in [-0.1, -0.05) is 31.1 Å². The molecule has 0 saturated carbocycles. The van der Waals surface area contributed by atoms with E-state index in [0.717, 1.165) is 6.42 Å². The molecular formula is C8H14S2. The van der Waals surface area contributed by atoms with E-state index in [1.54, 1.807) is 0 Å². The highest BCUT2D eigenvalue weighted by molar-refractivity contribution is 8.11. The lowest BCUT2D eigenvalue weighted by atomic mass is 10.1. The van der Waals surface area contributed by atoms with Gasteiger partial charge < -0.3 is 0 Å². The van der Waals surface area contributed by atoms with E-state index in [2.05, 4.69) is 26.5 Å². The number of allylic oxidation sites excluding steroid dienone is 1. The van der Waals surface area contributed by atoms with Crippen LogP contribution in [0.3, 0.4) is 0 Å². The monoisotopic (exact) mass is 174 g/mol. The molecule has 0 saturated heterocycles. The first-order valence-corrected chi connectivity index (χ1v) is 4.42. The molecule has 0 aromatic rings. The van der Waals surface area contributed by atoms with Crippen LogP contribution in [0.2, 0.25) is 0 Å². The van der Waals surface area contributed by atoms with Crippen LogP contribution in [0, 0.1) is 0 Å². The Bertz CT molecular complexity index is 136. The topological polar surface area (TPSA) is 0 Å². The Morgan fingerprint density at radius 3 is 2.60 bits per heavy atom. The van der Waals surface area contributed by atoms with Crippen LogP contribution in [0.4, 0.5) is 0 Å². The molecule has 0 rings (SSSR count). The highest BCUT2D eigenvalue weighted by Crippen LogP contribution is 2.06. The summed E-state index contributed by atoms with van der Waals surface area (Å²) in [5, 5.41) is 0. The zero-order chi connectivity index (χ0) is 7.98. The molecule has 0 amide bonds. The molecule has 0 nitrogen and oxygen atoms in total. The summed E-state index contributed by atoms with van der Waals surface area (Å²) in [4.78, 5) is 0. The van der Waals surface area contributed by atoms with Crippen LogP contribution in [0.5, 0.6) is 0 Å². The average molecular weight is 174 g/mol. The van der Waals surface area contributed by atoms with Gasteiger partial charge in [0.25, 0.3) is 0 Å². The zero-order valence-corrected chi connectivity index (χ0v) is 8.27. The van der Waals surface area contributed by atoms with E-state index >= 15 is 0 Å². The lowest BCUT2D eigenvalue weighted by Crippen LogP contribution is -1.80. The van der Waals surface area contributed by atoms with Crippen LogP contribution in [0.25, 0.3) is 0 Å². The van der Waals surface area contributed by atoms with Crippen LogP contribution >= 0.6 is 24.8 Å². The largest absolute Gasteiger partial charge is 0.132 e. The lowest BCUT2D eigenvalue weighted by Gasteiger charge is -1.96. The number of rotatable bonds is 4. The van der Waals surface area contributed by atoms with Crippen LogP contribution in [0.15, 0.2) is 11.6 Å². The van der Waals surface area contributed by atoms with Gasteiger partial charge in [-0.15, -0.1) is 12.6 Å². The molecule has 0 radical (unpaired) electrons. The number of unbranched alkanes of at least 4 members (excludes halogenated alkanes) is 1. The van der Waals surface area contributed by atoms with Crippen molar-refractivity contribution >= 4 is 29.0 Å². The Morgan fingerprint density at radius 2 is 2.20 bits per heavy atom. The van der Waals surface area contributed by atoms with Crippen molar-refractivity contribution in [3.8, 4) is 0 Å². The van der Waals surface area contributed by atoms with Crippen molar-refractivity contribution in [2.24, 2.45) is 0 Å². The minimum Gasteiger partial charge on any atom is -0.132 e. The Balaban J connectivity index is 3.60. The highest BCUT2D eigenvalue weighted by Gasteiger charge is 1.88. The van der Waals surface area contributed by atoms with Gasteiger partial charge in [-0.2, -0.15) is 0 Å². The van der Waals surface area contributed by atoms with E-state index in [1.165, 1.54) is 18.4 Å². The first-order chi connectivity index (χ1) is 4.66. The third-order valence-electron chi connectivity index (χ3n) is 1.29. The molecule has 0 spiro atoms. The molecule has 0 fully saturated rings. The third-order valence-corrected chi connectivity index (χ3v) is 1.54. The fourth-order valence-corrected chi connectivity index (χ4v) is 1.16. The Morgan fingerprint density at radius 1 is 1.60 bits per heavy atom. The van der Waals surface area contributed by atoms with Gasteiger partial charge >= 0.3 is 0 Å². The fraction of sp³-hybridized carbons (Fsp3) is 0.625. The van der Waals surface area contributed by atoms with Gasteiger partial charge in [-0.05, 0) is 25.8 Å². The van der Waals surface area contributed by atoms with Crippen molar-refractivity contribution < 1.29 is 0 Å². The summed E-state index contributed by atoms with van der Waals surface area (Å²) in [5.41, 5.74) is 1.34. The number of hydrogen-bond acceptors (Lipinski definition) is 1. The van der Waals surface area contributed by atoms with Crippen molar-refractivity contribution in [2.75, 3.05) is 0 Å². The van der Waals surface area contributed by atoms with Crippen molar-refractivity contribution in [2.45, 2.75) is 33.1 Å². The van der Waals surface area contributed by atoms with Crippen molar-refractivity contribution in [1.29, 1.82) is 0 Å². The minimum atomic E-state index is 0.689. The summed E-state index contributed by atoms with van der Waals surface area (Å²) in [6, 6.07) is 0. The molecule has 0 atom stereocenters. The molecule has 58 valence electrons.